The number of hydrogen-bond acceptors (Lipinski definition) is 1. The third-order valence-corrected chi connectivity index (χ3v) is 2.31. The van der Waals surface area contributed by atoms with Crippen LogP contribution in [-0.4, -0.2) is 6.29 Å². The molecule has 0 heterocycles. The molecule has 0 aliphatic carbocycles. The molecule has 0 N–H and O–H groups in total. The minimum Gasteiger partial charge on any atom is -0.298 e. The Hall–Kier alpha value is -0.590. The fourth-order valence-corrected chi connectivity index (χ4v) is 1.60. The van der Waals surface area contributed by atoms with Gasteiger partial charge in [-0.25, -0.2) is 0 Å². The monoisotopic (exact) mass is 196 g/mol. The van der Waals surface area contributed by atoms with Gasteiger partial charge >= 0.3 is 0 Å². The van der Waals surface area contributed by atoms with Crippen molar-refractivity contribution in [3.05, 3.63) is 11.6 Å². The third kappa shape index (κ3) is 6.88. The molecule has 0 amide bonds. The Balaban J connectivity index is 4.06. The van der Waals surface area contributed by atoms with E-state index in [4.69, 9.17) is 0 Å². The fraction of sp³-hybridized carbons (Fsp3) is 0.769. The van der Waals surface area contributed by atoms with Gasteiger partial charge in [0.15, 0.2) is 0 Å². The summed E-state index contributed by atoms with van der Waals surface area (Å²) in [6.07, 6.45) is 7.77. The van der Waals surface area contributed by atoms with E-state index in [1.807, 2.05) is 0 Å². The van der Waals surface area contributed by atoms with Crippen molar-refractivity contribution in [1.82, 2.24) is 0 Å². The highest BCUT2D eigenvalue weighted by Gasteiger charge is 2.03. The van der Waals surface area contributed by atoms with Gasteiger partial charge in [-0.3, -0.25) is 4.79 Å². The Bertz CT molecular complexity index is 180. The summed E-state index contributed by atoms with van der Waals surface area (Å²) in [6.45, 7) is 8.69. The van der Waals surface area contributed by atoms with Crippen molar-refractivity contribution >= 4 is 6.29 Å². The topological polar surface area (TPSA) is 17.1 Å². The summed E-state index contributed by atoms with van der Waals surface area (Å²) in [5, 5.41) is 0. The molecule has 82 valence electrons. The second kappa shape index (κ2) is 7.78. The van der Waals surface area contributed by atoms with Gasteiger partial charge in [0.1, 0.15) is 6.29 Å². The minimum absolute atomic E-state index is 0.550. The van der Waals surface area contributed by atoms with Crippen LogP contribution < -0.4 is 0 Å². The Kier molecular flexibility index (Phi) is 7.45. The summed E-state index contributed by atoms with van der Waals surface area (Å²) >= 11 is 0. The van der Waals surface area contributed by atoms with E-state index >= 15 is 0 Å². The Morgan fingerprint density at radius 3 is 2.36 bits per heavy atom. The third-order valence-electron chi connectivity index (χ3n) is 2.31. The van der Waals surface area contributed by atoms with E-state index in [9.17, 15) is 4.79 Å². The predicted molar refractivity (Wildman–Crippen MR) is 62.3 cm³/mol. The maximum Gasteiger partial charge on any atom is 0.145 e. The summed E-state index contributed by atoms with van der Waals surface area (Å²) in [4.78, 5) is 10.8. The van der Waals surface area contributed by atoms with E-state index in [-0.39, 0.29) is 0 Å². The summed E-state index contributed by atoms with van der Waals surface area (Å²) in [7, 11) is 0. The van der Waals surface area contributed by atoms with Gasteiger partial charge in [-0.1, -0.05) is 46.6 Å². The van der Waals surface area contributed by atoms with Gasteiger partial charge in [-0.15, -0.1) is 0 Å². The zero-order valence-electron chi connectivity index (χ0n) is 10.0. The zero-order valence-corrected chi connectivity index (χ0v) is 10.0. The lowest BCUT2D eigenvalue weighted by molar-refractivity contribution is -0.105. The van der Waals surface area contributed by atoms with Crippen molar-refractivity contribution < 1.29 is 4.79 Å². The molecule has 0 saturated carbocycles. The van der Waals surface area contributed by atoms with E-state index in [1.165, 1.54) is 19.3 Å². The van der Waals surface area contributed by atoms with E-state index in [1.54, 1.807) is 0 Å². The van der Waals surface area contributed by atoms with Gasteiger partial charge in [0.25, 0.3) is 0 Å². The first-order valence-electron chi connectivity index (χ1n) is 5.76. The van der Waals surface area contributed by atoms with Crippen LogP contribution in [0.1, 0.15) is 53.4 Å². The molecule has 0 aromatic carbocycles. The molecule has 1 unspecified atom stereocenters. The summed E-state index contributed by atoms with van der Waals surface area (Å²) in [5.41, 5.74) is 0.976. The van der Waals surface area contributed by atoms with Crippen molar-refractivity contribution in [2.45, 2.75) is 53.4 Å². The molecule has 0 aromatic heterocycles. The smallest absolute Gasteiger partial charge is 0.145 e. The van der Waals surface area contributed by atoms with Crippen molar-refractivity contribution in [3.63, 3.8) is 0 Å². The predicted octanol–water partition coefficient (Wildman–Crippen LogP) is 3.98. The molecule has 0 aromatic rings. The molecular weight excluding hydrogens is 172 g/mol. The number of rotatable bonds is 7. The minimum atomic E-state index is 0.550. The van der Waals surface area contributed by atoms with Crippen LogP contribution in [0, 0.1) is 11.8 Å². The standard InChI is InChI=1S/C13H24O/c1-5-6-7-12(4)9-13(10-14)8-11(2)3/h9-12H,5-8H2,1-4H3. The van der Waals surface area contributed by atoms with Gasteiger partial charge < -0.3 is 0 Å². The number of unbranched alkanes of at least 4 members (excludes halogenated alkanes) is 1. The van der Waals surface area contributed by atoms with E-state index in [0.717, 1.165) is 18.3 Å². The summed E-state index contributed by atoms with van der Waals surface area (Å²) in [5.74, 6) is 1.12. The van der Waals surface area contributed by atoms with Crippen LogP contribution >= 0.6 is 0 Å². The van der Waals surface area contributed by atoms with Crippen molar-refractivity contribution in [3.8, 4) is 0 Å². The lowest BCUT2D eigenvalue weighted by atomic mass is 9.97. The van der Waals surface area contributed by atoms with Crippen molar-refractivity contribution in [2.24, 2.45) is 11.8 Å². The first-order chi connectivity index (χ1) is 6.60. The van der Waals surface area contributed by atoms with Gasteiger partial charge in [0.05, 0.1) is 0 Å². The first kappa shape index (κ1) is 13.4. The molecule has 0 rings (SSSR count). The average Bonchev–Trinajstić information content (AvgIpc) is 2.12. The van der Waals surface area contributed by atoms with Gasteiger partial charge in [-0.05, 0) is 30.3 Å². The van der Waals surface area contributed by atoms with E-state index in [0.29, 0.717) is 11.8 Å². The fourth-order valence-electron chi connectivity index (χ4n) is 1.60. The normalized spacial score (nSPS) is 14.5. The second-order valence-electron chi connectivity index (χ2n) is 4.58. The molecule has 0 bridgehead atoms. The number of carbonyl (C=O) groups excluding carboxylic acids is 1. The molecular formula is C13H24O. The Morgan fingerprint density at radius 2 is 1.93 bits per heavy atom. The number of hydrogen-bond donors (Lipinski definition) is 0. The first-order valence-corrected chi connectivity index (χ1v) is 5.76. The van der Waals surface area contributed by atoms with Gasteiger partial charge in [0.2, 0.25) is 0 Å². The number of allylic oxidation sites excluding steroid dienone is 2. The van der Waals surface area contributed by atoms with Gasteiger partial charge in [0, 0.05) is 0 Å². The Morgan fingerprint density at radius 1 is 1.29 bits per heavy atom. The zero-order chi connectivity index (χ0) is 11.0. The molecule has 0 saturated heterocycles. The number of aldehydes is 1. The lowest BCUT2D eigenvalue weighted by Crippen LogP contribution is -1.97. The van der Waals surface area contributed by atoms with E-state index < -0.39 is 0 Å². The molecule has 0 fully saturated rings. The molecule has 0 aliphatic rings. The maximum absolute atomic E-state index is 10.8. The highest BCUT2D eigenvalue weighted by Crippen LogP contribution is 2.15. The quantitative estimate of drug-likeness (QED) is 0.444. The van der Waals surface area contributed by atoms with Crippen LogP contribution in [-0.2, 0) is 4.79 Å². The largest absolute Gasteiger partial charge is 0.298 e. The highest BCUT2D eigenvalue weighted by molar-refractivity contribution is 5.73. The molecule has 1 atom stereocenters. The molecule has 1 nitrogen and oxygen atoms in total. The number of carbonyl (C=O) groups is 1. The van der Waals surface area contributed by atoms with Crippen LogP contribution in [0.4, 0.5) is 0 Å². The molecule has 14 heavy (non-hydrogen) atoms. The molecule has 0 spiro atoms. The average molecular weight is 196 g/mol. The van der Waals surface area contributed by atoms with Crippen molar-refractivity contribution in [2.75, 3.05) is 0 Å². The molecule has 0 aliphatic heterocycles. The molecule has 1 heteroatoms. The van der Waals surface area contributed by atoms with Crippen LogP contribution in [0.2, 0.25) is 0 Å². The van der Waals surface area contributed by atoms with E-state index in [2.05, 4.69) is 33.8 Å². The lowest BCUT2D eigenvalue weighted by Gasteiger charge is -2.08. The SMILES string of the molecule is CCCCC(C)C=C(C=O)CC(C)C. The van der Waals surface area contributed by atoms with Crippen LogP contribution in [0.5, 0.6) is 0 Å². The molecule has 0 radical (unpaired) electrons. The van der Waals surface area contributed by atoms with Crippen LogP contribution in [0.15, 0.2) is 11.6 Å². The second-order valence-corrected chi connectivity index (χ2v) is 4.58. The Labute approximate surface area is 88.6 Å². The summed E-state index contributed by atoms with van der Waals surface area (Å²) in [6, 6.07) is 0. The van der Waals surface area contributed by atoms with Crippen LogP contribution in [0.3, 0.4) is 0 Å². The van der Waals surface area contributed by atoms with Crippen molar-refractivity contribution in [1.29, 1.82) is 0 Å². The maximum atomic E-state index is 10.8. The van der Waals surface area contributed by atoms with Gasteiger partial charge in [-0.2, -0.15) is 0 Å². The highest BCUT2D eigenvalue weighted by atomic mass is 16.1. The van der Waals surface area contributed by atoms with Crippen LogP contribution in [0.25, 0.3) is 0 Å². The summed E-state index contributed by atoms with van der Waals surface area (Å²) < 4.78 is 0.